The van der Waals surface area contributed by atoms with E-state index in [2.05, 4.69) is 22.4 Å². The smallest absolute Gasteiger partial charge is 0.336 e. The van der Waals surface area contributed by atoms with Crippen molar-refractivity contribution >= 4 is 38.5 Å². The van der Waals surface area contributed by atoms with Crippen molar-refractivity contribution in [3.05, 3.63) is 82.5 Å². The van der Waals surface area contributed by atoms with E-state index in [0.29, 0.717) is 18.0 Å². The van der Waals surface area contributed by atoms with Crippen LogP contribution in [0.5, 0.6) is 0 Å². The fourth-order valence-corrected chi connectivity index (χ4v) is 3.92. The van der Waals surface area contributed by atoms with Crippen LogP contribution in [0.1, 0.15) is 30.2 Å². The van der Waals surface area contributed by atoms with Crippen LogP contribution in [0.25, 0.3) is 32.8 Å². The summed E-state index contributed by atoms with van der Waals surface area (Å²) in [4.78, 5) is 16.7. The Kier molecular flexibility index (Phi) is 3.50. The summed E-state index contributed by atoms with van der Waals surface area (Å²) in [6, 6.07) is 19.5. The minimum Gasteiger partial charge on any atom is -0.440 e. The van der Waals surface area contributed by atoms with E-state index in [4.69, 9.17) is 8.83 Å². The molecule has 5 heteroatoms. The van der Waals surface area contributed by atoms with Crippen LogP contribution in [-0.2, 0) is 6.54 Å². The highest BCUT2D eigenvalue weighted by Gasteiger charge is 2.28. The fraction of sp³-hybridized carbons (Fsp3) is 0.167. The number of hydrogen-bond donors (Lipinski definition) is 1. The Morgan fingerprint density at radius 3 is 2.72 bits per heavy atom. The molecule has 0 unspecified atom stereocenters. The minimum absolute atomic E-state index is 0.342. The summed E-state index contributed by atoms with van der Waals surface area (Å²) in [5, 5.41) is 6.59. The third-order valence-corrected chi connectivity index (χ3v) is 5.53. The van der Waals surface area contributed by atoms with Crippen molar-refractivity contribution in [3.8, 4) is 0 Å². The molecular formula is C24H18N2O3. The first-order chi connectivity index (χ1) is 14.2. The van der Waals surface area contributed by atoms with Gasteiger partial charge in [-0.2, -0.15) is 0 Å². The van der Waals surface area contributed by atoms with Gasteiger partial charge in [0, 0.05) is 29.6 Å². The van der Waals surface area contributed by atoms with Crippen LogP contribution in [0, 0.1) is 0 Å². The Balaban J connectivity index is 1.39. The summed E-state index contributed by atoms with van der Waals surface area (Å²) in [7, 11) is 0. The zero-order valence-corrected chi connectivity index (χ0v) is 15.6. The largest absolute Gasteiger partial charge is 0.440 e. The molecule has 6 rings (SSSR count). The summed E-state index contributed by atoms with van der Waals surface area (Å²) >= 11 is 0. The number of fused-ring (bicyclic) bond motifs is 4. The molecule has 0 radical (unpaired) electrons. The molecule has 3 aromatic carbocycles. The summed E-state index contributed by atoms with van der Waals surface area (Å²) in [5.41, 5.74) is 3.79. The van der Waals surface area contributed by atoms with Crippen LogP contribution in [0.4, 0.5) is 5.69 Å². The van der Waals surface area contributed by atoms with Crippen molar-refractivity contribution in [2.45, 2.75) is 25.3 Å². The van der Waals surface area contributed by atoms with Crippen LogP contribution in [-0.4, -0.2) is 4.98 Å². The average molecular weight is 382 g/mol. The molecule has 0 amide bonds. The van der Waals surface area contributed by atoms with Gasteiger partial charge in [-0.1, -0.05) is 30.3 Å². The molecule has 1 aliphatic rings. The van der Waals surface area contributed by atoms with Gasteiger partial charge >= 0.3 is 5.63 Å². The van der Waals surface area contributed by atoms with Gasteiger partial charge in [0.25, 0.3) is 0 Å². The summed E-state index contributed by atoms with van der Waals surface area (Å²) in [5.74, 6) is 1.33. The number of aromatic nitrogens is 1. The topological polar surface area (TPSA) is 68.3 Å². The molecule has 0 bridgehead atoms. The van der Waals surface area contributed by atoms with Gasteiger partial charge in [0.2, 0.25) is 0 Å². The molecule has 0 atom stereocenters. The van der Waals surface area contributed by atoms with Crippen LogP contribution in [0.2, 0.25) is 0 Å². The molecule has 29 heavy (non-hydrogen) atoms. The van der Waals surface area contributed by atoms with E-state index in [1.165, 1.54) is 0 Å². The number of anilines is 1. The van der Waals surface area contributed by atoms with Crippen molar-refractivity contribution in [3.63, 3.8) is 0 Å². The number of rotatable bonds is 4. The maximum absolute atomic E-state index is 12.1. The van der Waals surface area contributed by atoms with Crippen LogP contribution < -0.4 is 10.9 Å². The van der Waals surface area contributed by atoms with Crippen molar-refractivity contribution in [2.75, 3.05) is 5.32 Å². The number of hydrogen-bond acceptors (Lipinski definition) is 5. The molecule has 1 N–H and O–H groups in total. The standard InChI is InChI=1S/C24H18N2O3/c27-22-11-16(23-18-4-2-1-3-14(18)7-9-21(23)28-22)13-25-17-8-10-20-19(12-17)26-24(29-20)15-5-6-15/h1-4,7-12,15,25H,5-6,13H2. The first-order valence-corrected chi connectivity index (χ1v) is 9.83. The highest BCUT2D eigenvalue weighted by Crippen LogP contribution is 2.40. The van der Waals surface area contributed by atoms with E-state index in [1.807, 2.05) is 42.5 Å². The second-order valence-electron chi connectivity index (χ2n) is 7.61. The number of oxazole rings is 1. The van der Waals surface area contributed by atoms with Gasteiger partial charge in [0.05, 0.1) is 0 Å². The van der Waals surface area contributed by atoms with E-state index in [-0.39, 0.29) is 5.63 Å². The maximum atomic E-state index is 12.1. The van der Waals surface area contributed by atoms with E-state index in [9.17, 15) is 4.79 Å². The van der Waals surface area contributed by atoms with E-state index in [1.54, 1.807) is 6.07 Å². The lowest BCUT2D eigenvalue weighted by molar-refractivity contribution is 0.533. The van der Waals surface area contributed by atoms with Gasteiger partial charge in [-0.15, -0.1) is 0 Å². The third-order valence-electron chi connectivity index (χ3n) is 5.53. The molecule has 0 spiro atoms. The van der Waals surface area contributed by atoms with Gasteiger partial charge in [0.1, 0.15) is 11.1 Å². The van der Waals surface area contributed by atoms with Gasteiger partial charge in [-0.25, -0.2) is 9.78 Å². The lowest BCUT2D eigenvalue weighted by Crippen LogP contribution is -2.06. The summed E-state index contributed by atoms with van der Waals surface area (Å²) < 4.78 is 11.3. The molecule has 1 fully saturated rings. The van der Waals surface area contributed by atoms with E-state index >= 15 is 0 Å². The maximum Gasteiger partial charge on any atom is 0.336 e. The zero-order chi connectivity index (χ0) is 19.4. The van der Waals surface area contributed by atoms with Crippen molar-refractivity contribution in [1.82, 2.24) is 4.98 Å². The van der Waals surface area contributed by atoms with Gasteiger partial charge in [0.15, 0.2) is 11.5 Å². The Morgan fingerprint density at radius 2 is 1.83 bits per heavy atom. The monoisotopic (exact) mass is 382 g/mol. The predicted molar refractivity (Wildman–Crippen MR) is 113 cm³/mol. The quantitative estimate of drug-likeness (QED) is 0.325. The first kappa shape index (κ1) is 16.4. The number of nitrogens with one attached hydrogen (secondary N) is 1. The Morgan fingerprint density at radius 1 is 0.966 bits per heavy atom. The molecular weight excluding hydrogens is 364 g/mol. The second kappa shape index (κ2) is 6.21. The van der Waals surface area contributed by atoms with Crippen molar-refractivity contribution in [2.24, 2.45) is 0 Å². The minimum atomic E-state index is -0.342. The van der Waals surface area contributed by atoms with Crippen LogP contribution >= 0.6 is 0 Å². The molecule has 5 nitrogen and oxygen atoms in total. The molecule has 2 aromatic heterocycles. The van der Waals surface area contributed by atoms with Crippen LogP contribution in [0.3, 0.4) is 0 Å². The second-order valence-corrected chi connectivity index (χ2v) is 7.61. The summed E-state index contributed by atoms with van der Waals surface area (Å²) in [6.45, 7) is 0.509. The number of benzene rings is 3. The molecule has 5 aromatic rings. The molecule has 0 saturated heterocycles. The van der Waals surface area contributed by atoms with Gasteiger partial charge in [-0.05, 0) is 53.4 Å². The highest BCUT2D eigenvalue weighted by atomic mass is 16.4. The fourth-order valence-electron chi connectivity index (χ4n) is 3.92. The van der Waals surface area contributed by atoms with E-state index < -0.39 is 0 Å². The van der Waals surface area contributed by atoms with Crippen molar-refractivity contribution in [1.29, 1.82) is 0 Å². The lowest BCUT2D eigenvalue weighted by Gasteiger charge is -2.10. The van der Waals surface area contributed by atoms with Crippen LogP contribution in [0.15, 0.2) is 74.3 Å². The predicted octanol–water partition coefficient (Wildman–Crippen LogP) is 5.58. The Hall–Kier alpha value is -3.60. The lowest BCUT2D eigenvalue weighted by atomic mass is 10.0. The molecule has 2 heterocycles. The first-order valence-electron chi connectivity index (χ1n) is 9.83. The molecule has 1 saturated carbocycles. The normalized spacial score (nSPS) is 14.1. The SMILES string of the molecule is O=c1cc(CNc2ccc3oc(C4CC4)nc3c2)c2c(ccc3ccccc32)o1. The molecule has 142 valence electrons. The molecule has 1 aliphatic carbocycles. The zero-order valence-electron chi connectivity index (χ0n) is 15.6. The highest BCUT2D eigenvalue weighted by molar-refractivity contribution is 6.07. The third kappa shape index (κ3) is 2.86. The Bertz CT molecular complexity index is 1440. The number of nitrogens with zero attached hydrogens (tertiary/aromatic N) is 1. The Labute approximate surface area is 166 Å². The van der Waals surface area contributed by atoms with Gasteiger partial charge < -0.3 is 14.2 Å². The van der Waals surface area contributed by atoms with Gasteiger partial charge in [-0.3, -0.25) is 0 Å². The van der Waals surface area contributed by atoms with Crippen molar-refractivity contribution < 1.29 is 8.83 Å². The summed E-state index contributed by atoms with van der Waals surface area (Å²) in [6.07, 6.45) is 2.32. The average Bonchev–Trinajstić information content (AvgIpc) is 3.50. The van der Waals surface area contributed by atoms with E-state index in [0.717, 1.165) is 57.2 Å². The molecule has 0 aliphatic heterocycles.